The highest BCUT2D eigenvalue weighted by Crippen LogP contribution is 2.23. The van der Waals surface area contributed by atoms with E-state index in [4.69, 9.17) is 11.6 Å². The van der Waals surface area contributed by atoms with Gasteiger partial charge in [0.1, 0.15) is 0 Å². The molecule has 1 unspecified atom stereocenters. The fraction of sp³-hybridized carbons (Fsp3) is 0.588. The van der Waals surface area contributed by atoms with Crippen molar-refractivity contribution in [1.82, 2.24) is 19.9 Å². The van der Waals surface area contributed by atoms with Gasteiger partial charge in [-0.1, -0.05) is 25.4 Å². The molecule has 0 aliphatic carbocycles. The van der Waals surface area contributed by atoms with Crippen molar-refractivity contribution >= 4 is 29.1 Å². The normalized spacial score (nSPS) is 18.3. The lowest BCUT2D eigenvalue weighted by Crippen LogP contribution is -2.44. The van der Waals surface area contributed by atoms with Gasteiger partial charge in [-0.25, -0.2) is 0 Å². The predicted octanol–water partition coefficient (Wildman–Crippen LogP) is 2.76. The highest BCUT2D eigenvalue weighted by molar-refractivity contribution is 6.30. The molecule has 3 heterocycles. The van der Waals surface area contributed by atoms with Crippen LogP contribution in [0.15, 0.2) is 18.3 Å². The first-order chi connectivity index (χ1) is 11.5. The van der Waals surface area contributed by atoms with E-state index in [9.17, 15) is 4.79 Å². The van der Waals surface area contributed by atoms with Gasteiger partial charge in [-0.3, -0.25) is 9.20 Å². The van der Waals surface area contributed by atoms with E-state index in [0.717, 1.165) is 43.9 Å². The lowest BCUT2D eigenvalue weighted by molar-refractivity contribution is -0.125. The number of carbonyl (C=O) groups is 1. The first kappa shape index (κ1) is 17.0. The number of pyridine rings is 1. The van der Waals surface area contributed by atoms with E-state index in [-0.39, 0.29) is 11.8 Å². The van der Waals surface area contributed by atoms with Gasteiger partial charge in [0, 0.05) is 25.8 Å². The number of halogens is 1. The maximum absolute atomic E-state index is 12.4. The molecule has 0 saturated carbocycles. The van der Waals surface area contributed by atoms with E-state index in [0.29, 0.717) is 17.5 Å². The van der Waals surface area contributed by atoms with Crippen LogP contribution in [0.25, 0.3) is 5.65 Å². The summed E-state index contributed by atoms with van der Waals surface area (Å²) in [6.07, 6.45) is 4.72. The molecule has 1 fully saturated rings. The minimum absolute atomic E-state index is 0.00236. The van der Waals surface area contributed by atoms with E-state index in [1.807, 2.05) is 16.7 Å². The Morgan fingerprint density at radius 2 is 2.25 bits per heavy atom. The Morgan fingerprint density at radius 1 is 1.42 bits per heavy atom. The van der Waals surface area contributed by atoms with Crippen LogP contribution < -0.4 is 10.2 Å². The van der Waals surface area contributed by atoms with Crippen LogP contribution in [-0.2, 0) is 4.79 Å². The lowest BCUT2D eigenvalue weighted by atomic mass is 9.97. The van der Waals surface area contributed by atoms with Gasteiger partial charge in [-0.15, -0.1) is 10.2 Å². The Bertz CT molecular complexity index is 714. The van der Waals surface area contributed by atoms with Gasteiger partial charge in [0.05, 0.1) is 10.9 Å². The second kappa shape index (κ2) is 7.38. The summed E-state index contributed by atoms with van der Waals surface area (Å²) >= 11 is 6.09. The Morgan fingerprint density at radius 3 is 3.04 bits per heavy atom. The van der Waals surface area contributed by atoms with Gasteiger partial charge in [-0.05, 0) is 37.3 Å². The quantitative estimate of drug-likeness (QED) is 0.901. The fourth-order valence-corrected chi connectivity index (χ4v) is 3.23. The zero-order chi connectivity index (χ0) is 17.1. The molecular weight excluding hydrogens is 326 g/mol. The summed E-state index contributed by atoms with van der Waals surface area (Å²) in [6, 6.07) is 3.65. The highest BCUT2D eigenvalue weighted by atomic mass is 35.5. The molecule has 1 saturated heterocycles. The zero-order valence-electron chi connectivity index (χ0n) is 14.2. The topological polar surface area (TPSA) is 62.5 Å². The number of nitrogens with zero attached hydrogens (tertiary/aromatic N) is 4. The molecule has 1 aliphatic rings. The average Bonchev–Trinajstić information content (AvgIpc) is 2.97. The minimum Gasteiger partial charge on any atom is -0.356 e. The number of anilines is 1. The number of amides is 1. The molecule has 1 atom stereocenters. The number of hydrogen-bond acceptors (Lipinski definition) is 4. The van der Waals surface area contributed by atoms with Crippen LogP contribution in [0.2, 0.25) is 5.02 Å². The molecule has 1 N–H and O–H groups in total. The molecular formula is C17H24ClN5O. The smallest absolute Gasteiger partial charge is 0.231 e. The van der Waals surface area contributed by atoms with Crippen molar-refractivity contribution in [3.8, 4) is 0 Å². The SMILES string of the molecule is CC(C)CCNC(=O)C1CCCN(c2nnc3ccc(Cl)cn23)C1. The summed E-state index contributed by atoms with van der Waals surface area (Å²) in [4.78, 5) is 14.5. The molecule has 130 valence electrons. The fourth-order valence-electron chi connectivity index (χ4n) is 3.07. The first-order valence-corrected chi connectivity index (χ1v) is 8.95. The Balaban J connectivity index is 1.68. The molecule has 0 spiro atoms. The molecule has 0 aromatic carbocycles. The number of carbonyl (C=O) groups excluding carboxylic acids is 1. The van der Waals surface area contributed by atoms with E-state index in [1.165, 1.54) is 0 Å². The molecule has 1 amide bonds. The van der Waals surface area contributed by atoms with Crippen LogP contribution in [0, 0.1) is 11.8 Å². The van der Waals surface area contributed by atoms with Gasteiger partial charge in [0.25, 0.3) is 0 Å². The highest BCUT2D eigenvalue weighted by Gasteiger charge is 2.28. The number of fused-ring (bicyclic) bond motifs is 1. The van der Waals surface area contributed by atoms with Crippen molar-refractivity contribution in [1.29, 1.82) is 0 Å². The number of nitrogens with one attached hydrogen (secondary N) is 1. The molecule has 6 nitrogen and oxygen atoms in total. The molecule has 0 radical (unpaired) electrons. The predicted molar refractivity (Wildman–Crippen MR) is 95.4 cm³/mol. The van der Waals surface area contributed by atoms with Gasteiger partial charge in [0.15, 0.2) is 5.65 Å². The van der Waals surface area contributed by atoms with Crippen molar-refractivity contribution in [3.05, 3.63) is 23.4 Å². The van der Waals surface area contributed by atoms with Crippen molar-refractivity contribution in [2.45, 2.75) is 33.1 Å². The number of rotatable bonds is 5. The maximum atomic E-state index is 12.4. The van der Waals surface area contributed by atoms with Gasteiger partial charge >= 0.3 is 0 Å². The molecule has 7 heteroatoms. The van der Waals surface area contributed by atoms with E-state index >= 15 is 0 Å². The van der Waals surface area contributed by atoms with Crippen LogP contribution in [0.1, 0.15) is 33.1 Å². The third-order valence-electron chi connectivity index (χ3n) is 4.44. The number of piperidine rings is 1. The zero-order valence-corrected chi connectivity index (χ0v) is 15.0. The summed E-state index contributed by atoms with van der Waals surface area (Å²) < 4.78 is 1.89. The lowest BCUT2D eigenvalue weighted by Gasteiger charge is -2.32. The third-order valence-corrected chi connectivity index (χ3v) is 4.67. The molecule has 2 aromatic rings. The third kappa shape index (κ3) is 3.80. The number of aromatic nitrogens is 3. The van der Waals surface area contributed by atoms with Gasteiger partial charge < -0.3 is 10.2 Å². The summed E-state index contributed by atoms with van der Waals surface area (Å²) in [5.41, 5.74) is 0.762. The van der Waals surface area contributed by atoms with Crippen LogP contribution in [0.3, 0.4) is 0 Å². The Kier molecular flexibility index (Phi) is 5.23. The number of hydrogen-bond donors (Lipinski definition) is 1. The van der Waals surface area contributed by atoms with Gasteiger partial charge in [0.2, 0.25) is 11.9 Å². The molecule has 3 rings (SSSR count). The minimum atomic E-state index is -0.00236. The summed E-state index contributed by atoms with van der Waals surface area (Å²) in [5.74, 6) is 1.50. The molecule has 24 heavy (non-hydrogen) atoms. The summed E-state index contributed by atoms with van der Waals surface area (Å²) in [6.45, 7) is 6.62. The van der Waals surface area contributed by atoms with Crippen molar-refractivity contribution in [2.24, 2.45) is 11.8 Å². The van der Waals surface area contributed by atoms with Crippen molar-refractivity contribution < 1.29 is 4.79 Å². The molecule has 2 aromatic heterocycles. The van der Waals surface area contributed by atoms with Gasteiger partial charge in [-0.2, -0.15) is 0 Å². The Labute approximate surface area is 147 Å². The molecule has 1 aliphatic heterocycles. The van der Waals surface area contributed by atoms with Crippen LogP contribution in [-0.4, -0.2) is 40.1 Å². The standard InChI is InChI=1S/C17H24ClN5O/c1-12(2)7-8-19-16(24)13-4-3-9-22(10-13)17-21-20-15-6-5-14(18)11-23(15)17/h5-6,11-13H,3-4,7-10H2,1-2H3,(H,19,24). The van der Waals surface area contributed by atoms with Crippen LogP contribution >= 0.6 is 11.6 Å². The van der Waals surface area contributed by atoms with Crippen LogP contribution in [0.5, 0.6) is 0 Å². The van der Waals surface area contributed by atoms with E-state index in [2.05, 4.69) is 34.3 Å². The van der Waals surface area contributed by atoms with Crippen molar-refractivity contribution in [3.63, 3.8) is 0 Å². The maximum Gasteiger partial charge on any atom is 0.231 e. The van der Waals surface area contributed by atoms with E-state index < -0.39 is 0 Å². The molecule has 0 bridgehead atoms. The Hall–Kier alpha value is -1.82. The second-order valence-corrected chi connectivity index (χ2v) is 7.27. The summed E-state index contributed by atoms with van der Waals surface area (Å²) in [5, 5.41) is 12.2. The van der Waals surface area contributed by atoms with E-state index in [1.54, 1.807) is 6.07 Å². The first-order valence-electron chi connectivity index (χ1n) is 8.57. The van der Waals surface area contributed by atoms with Crippen molar-refractivity contribution in [2.75, 3.05) is 24.5 Å². The van der Waals surface area contributed by atoms with Crippen LogP contribution in [0.4, 0.5) is 5.95 Å². The monoisotopic (exact) mass is 349 g/mol. The average molecular weight is 350 g/mol. The second-order valence-electron chi connectivity index (χ2n) is 6.83. The summed E-state index contributed by atoms with van der Waals surface area (Å²) in [7, 11) is 0. The largest absolute Gasteiger partial charge is 0.356 e.